The van der Waals surface area contributed by atoms with Gasteiger partial charge in [-0.1, -0.05) is 18.5 Å². The Kier molecular flexibility index (Phi) is 6.99. The molecule has 9 heteroatoms. The number of anilines is 1. The molecule has 2 N–H and O–H groups in total. The largest absolute Gasteiger partial charge is 0.354 e. The van der Waals surface area contributed by atoms with E-state index in [4.69, 9.17) is 11.6 Å². The fraction of sp³-hybridized carbons (Fsp3) is 0.333. The Bertz CT molecular complexity index is 1010. The molecule has 0 spiro atoms. The molecule has 1 atom stereocenters. The molecule has 0 aromatic heterocycles. The fourth-order valence-corrected chi connectivity index (χ4v) is 4.51. The lowest BCUT2D eigenvalue weighted by atomic mass is 10.1. The first-order valence-electron chi connectivity index (χ1n) is 9.79. The fourth-order valence-electron chi connectivity index (χ4n) is 3.32. The van der Waals surface area contributed by atoms with Crippen LogP contribution in [0.5, 0.6) is 0 Å². The molecule has 0 aliphatic carbocycles. The molecule has 160 valence electrons. The maximum Gasteiger partial charge on any atom is 0.261 e. The number of carbonyl (C=O) groups excluding carboxylic acids is 2. The van der Waals surface area contributed by atoms with Gasteiger partial charge in [-0.3, -0.25) is 14.3 Å². The molecular weight excluding hydrogens is 426 g/mol. The van der Waals surface area contributed by atoms with Crippen LogP contribution in [-0.2, 0) is 14.8 Å². The molecule has 1 saturated heterocycles. The minimum atomic E-state index is -3.76. The van der Waals surface area contributed by atoms with E-state index in [1.54, 1.807) is 17.0 Å². The number of nitrogens with one attached hydrogen (secondary N) is 2. The first-order chi connectivity index (χ1) is 14.3. The minimum Gasteiger partial charge on any atom is -0.354 e. The molecule has 2 aromatic carbocycles. The van der Waals surface area contributed by atoms with Gasteiger partial charge in [0.25, 0.3) is 15.9 Å². The van der Waals surface area contributed by atoms with Crippen molar-refractivity contribution in [3.05, 3.63) is 59.1 Å². The van der Waals surface area contributed by atoms with Gasteiger partial charge in [-0.2, -0.15) is 0 Å². The van der Waals surface area contributed by atoms with Gasteiger partial charge in [0.2, 0.25) is 5.91 Å². The van der Waals surface area contributed by atoms with Crippen LogP contribution in [0.4, 0.5) is 5.69 Å². The van der Waals surface area contributed by atoms with Crippen molar-refractivity contribution in [2.45, 2.75) is 37.1 Å². The zero-order valence-corrected chi connectivity index (χ0v) is 18.2. The number of sulfonamides is 1. The maximum atomic E-state index is 12.9. The molecule has 1 heterocycles. The standard InChI is InChI=1S/C21H24ClN3O4S/c1-2-13-23-20(26)19-4-3-14-25(19)21(27)15-5-9-17(10-6-15)24-30(28,29)18-11-7-16(22)8-12-18/h5-12,19,24H,2-4,13-14H2,1H3,(H,23,26)/t19-/m1/s1. The summed E-state index contributed by atoms with van der Waals surface area (Å²) >= 11 is 5.80. The SMILES string of the molecule is CCCNC(=O)[C@H]1CCCN1C(=O)c1ccc(NS(=O)(=O)c2ccc(Cl)cc2)cc1. The number of likely N-dealkylation sites (tertiary alicyclic amines) is 1. The van der Waals surface area contributed by atoms with Gasteiger partial charge in [-0.15, -0.1) is 0 Å². The van der Waals surface area contributed by atoms with Gasteiger partial charge >= 0.3 is 0 Å². The average Bonchev–Trinajstić information content (AvgIpc) is 3.22. The quantitative estimate of drug-likeness (QED) is 0.678. The van der Waals surface area contributed by atoms with Gasteiger partial charge < -0.3 is 10.2 Å². The molecule has 2 amide bonds. The van der Waals surface area contributed by atoms with E-state index < -0.39 is 16.1 Å². The second kappa shape index (κ2) is 9.49. The highest BCUT2D eigenvalue weighted by atomic mass is 35.5. The predicted molar refractivity (Wildman–Crippen MR) is 116 cm³/mol. The summed E-state index contributed by atoms with van der Waals surface area (Å²) in [4.78, 5) is 26.9. The van der Waals surface area contributed by atoms with Crippen molar-refractivity contribution in [1.29, 1.82) is 0 Å². The zero-order valence-electron chi connectivity index (χ0n) is 16.6. The highest BCUT2D eigenvalue weighted by molar-refractivity contribution is 7.92. The number of carbonyl (C=O) groups is 2. The Morgan fingerprint density at radius 3 is 2.40 bits per heavy atom. The van der Waals surface area contributed by atoms with Crippen molar-refractivity contribution < 1.29 is 18.0 Å². The van der Waals surface area contributed by atoms with Crippen LogP contribution < -0.4 is 10.0 Å². The van der Waals surface area contributed by atoms with Crippen molar-refractivity contribution in [1.82, 2.24) is 10.2 Å². The normalized spacial score (nSPS) is 16.3. The third kappa shape index (κ3) is 5.12. The highest BCUT2D eigenvalue weighted by Gasteiger charge is 2.34. The van der Waals surface area contributed by atoms with Crippen molar-refractivity contribution >= 4 is 39.1 Å². The van der Waals surface area contributed by atoms with Crippen LogP contribution in [0.15, 0.2) is 53.4 Å². The Morgan fingerprint density at radius 2 is 1.77 bits per heavy atom. The predicted octanol–water partition coefficient (Wildman–Crippen LogP) is 3.27. The van der Waals surface area contributed by atoms with Crippen LogP contribution in [0.2, 0.25) is 5.02 Å². The van der Waals surface area contributed by atoms with E-state index in [0.29, 0.717) is 35.8 Å². The first-order valence-corrected chi connectivity index (χ1v) is 11.6. The second-order valence-corrected chi connectivity index (χ2v) is 9.20. The summed E-state index contributed by atoms with van der Waals surface area (Å²) in [5, 5.41) is 3.29. The highest BCUT2D eigenvalue weighted by Crippen LogP contribution is 2.22. The Morgan fingerprint density at radius 1 is 1.10 bits per heavy atom. The number of hydrogen-bond acceptors (Lipinski definition) is 4. The minimum absolute atomic E-state index is 0.0880. The molecule has 1 fully saturated rings. The second-order valence-electron chi connectivity index (χ2n) is 7.08. The number of rotatable bonds is 7. The Balaban J connectivity index is 1.69. The summed E-state index contributed by atoms with van der Waals surface area (Å²) in [5.41, 5.74) is 0.736. The topological polar surface area (TPSA) is 95.6 Å². The summed E-state index contributed by atoms with van der Waals surface area (Å²) in [7, 11) is -3.76. The third-order valence-electron chi connectivity index (χ3n) is 4.87. The molecular formula is C21H24ClN3O4S. The Hall–Kier alpha value is -2.58. The summed E-state index contributed by atoms with van der Waals surface area (Å²) in [5.74, 6) is -0.369. The number of halogens is 1. The van der Waals surface area contributed by atoms with E-state index >= 15 is 0 Å². The van der Waals surface area contributed by atoms with Crippen LogP contribution in [0, 0.1) is 0 Å². The van der Waals surface area contributed by atoms with E-state index in [-0.39, 0.29) is 16.7 Å². The molecule has 3 rings (SSSR count). The lowest BCUT2D eigenvalue weighted by Gasteiger charge is -2.24. The monoisotopic (exact) mass is 449 g/mol. The summed E-state index contributed by atoms with van der Waals surface area (Å²) in [6.07, 6.45) is 2.25. The average molecular weight is 450 g/mol. The van der Waals surface area contributed by atoms with Gasteiger partial charge in [0, 0.05) is 29.4 Å². The number of nitrogens with zero attached hydrogens (tertiary/aromatic N) is 1. The van der Waals surface area contributed by atoms with Crippen LogP contribution in [0.25, 0.3) is 0 Å². The smallest absolute Gasteiger partial charge is 0.261 e. The summed E-state index contributed by atoms with van der Waals surface area (Å²) in [6.45, 7) is 3.08. The molecule has 30 heavy (non-hydrogen) atoms. The summed E-state index contributed by atoms with van der Waals surface area (Å²) in [6, 6.07) is 11.5. The Labute approximate surface area is 181 Å². The van der Waals surface area contributed by atoms with Crippen molar-refractivity contribution in [3.8, 4) is 0 Å². The molecule has 0 saturated carbocycles. The number of amides is 2. The number of benzene rings is 2. The third-order valence-corrected chi connectivity index (χ3v) is 6.52. The van der Waals surface area contributed by atoms with Crippen LogP contribution in [0.1, 0.15) is 36.5 Å². The lowest BCUT2D eigenvalue weighted by molar-refractivity contribution is -0.124. The van der Waals surface area contributed by atoms with E-state index in [1.807, 2.05) is 6.92 Å². The molecule has 1 aliphatic rings. The zero-order chi connectivity index (χ0) is 21.7. The first kappa shape index (κ1) is 22.1. The number of hydrogen-bond donors (Lipinski definition) is 2. The van der Waals surface area contributed by atoms with Gasteiger partial charge in [0.05, 0.1) is 4.90 Å². The molecule has 0 bridgehead atoms. The van der Waals surface area contributed by atoms with Gasteiger partial charge in [0.15, 0.2) is 0 Å². The van der Waals surface area contributed by atoms with Crippen LogP contribution in [0.3, 0.4) is 0 Å². The van der Waals surface area contributed by atoms with Gasteiger partial charge in [0.1, 0.15) is 6.04 Å². The summed E-state index contributed by atoms with van der Waals surface area (Å²) < 4.78 is 27.4. The van der Waals surface area contributed by atoms with Crippen molar-refractivity contribution in [2.24, 2.45) is 0 Å². The molecule has 7 nitrogen and oxygen atoms in total. The van der Waals surface area contributed by atoms with E-state index in [9.17, 15) is 18.0 Å². The molecule has 1 aliphatic heterocycles. The van der Waals surface area contributed by atoms with Gasteiger partial charge in [-0.05, 0) is 67.8 Å². The van der Waals surface area contributed by atoms with E-state index in [2.05, 4.69) is 10.0 Å². The van der Waals surface area contributed by atoms with Crippen LogP contribution in [-0.4, -0.2) is 44.3 Å². The van der Waals surface area contributed by atoms with E-state index in [0.717, 1.165) is 12.8 Å². The van der Waals surface area contributed by atoms with Crippen molar-refractivity contribution in [2.75, 3.05) is 17.8 Å². The lowest BCUT2D eigenvalue weighted by Crippen LogP contribution is -2.46. The van der Waals surface area contributed by atoms with Crippen LogP contribution >= 0.6 is 11.6 Å². The van der Waals surface area contributed by atoms with Gasteiger partial charge in [-0.25, -0.2) is 8.42 Å². The maximum absolute atomic E-state index is 12.9. The molecule has 0 unspecified atom stereocenters. The molecule has 2 aromatic rings. The van der Waals surface area contributed by atoms with Crippen molar-refractivity contribution in [3.63, 3.8) is 0 Å². The molecule has 0 radical (unpaired) electrons. The van der Waals surface area contributed by atoms with E-state index in [1.165, 1.54) is 36.4 Å².